The lowest BCUT2D eigenvalue weighted by atomic mass is 10.2. The van der Waals surface area contributed by atoms with E-state index in [1.165, 1.54) is 19.3 Å². The summed E-state index contributed by atoms with van der Waals surface area (Å²) in [6.45, 7) is 3.12. The van der Waals surface area contributed by atoms with Gasteiger partial charge in [0.05, 0.1) is 6.17 Å². The molecule has 1 unspecified atom stereocenters. The van der Waals surface area contributed by atoms with E-state index in [-0.39, 0.29) is 0 Å². The third-order valence-electron chi connectivity index (χ3n) is 1.98. The Bertz CT molecular complexity index is 161. The molecule has 0 aromatic carbocycles. The second-order valence-electron chi connectivity index (χ2n) is 3.07. The highest BCUT2D eigenvalue weighted by Gasteiger charge is 2.06. The first-order valence-corrected chi connectivity index (χ1v) is 4.83. The van der Waals surface area contributed by atoms with Crippen molar-refractivity contribution in [3.05, 3.63) is 12.2 Å². The van der Waals surface area contributed by atoms with E-state index in [0.717, 1.165) is 13.0 Å². The number of unbranched alkanes of at least 4 members (excludes halogenated alkanes) is 1. The SMILES string of the molecule is CC/C=C/CCCC1N=CCN1. The minimum absolute atomic E-state index is 0.403. The highest BCUT2D eigenvalue weighted by atomic mass is 15.1. The van der Waals surface area contributed by atoms with Crippen molar-refractivity contribution in [2.24, 2.45) is 4.99 Å². The topological polar surface area (TPSA) is 24.4 Å². The molecule has 0 radical (unpaired) electrons. The van der Waals surface area contributed by atoms with E-state index < -0.39 is 0 Å². The van der Waals surface area contributed by atoms with Crippen molar-refractivity contribution in [1.29, 1.82) is 0 Å². The summed E-state index contributed by atoms with van der Waals surface area (Å²) in [5, 5.41) is 3.30. The molecule has 0 aromatic heterocycles. The van der Waals surface area contributed by atoms with Gasteiger partial charge in [0.15, 0.2) is 0 Å². The summed E-state index contributed by atoms with van der Waals surface area (Å²) in [4.78, 5) is 4.29. The number of nitrogens with zero attached hydrogens (tertiary/aromatic N) is 1. The van der Waals surface area contributed by atoms with Gasteiger partial charge in [-0.15, -0.1) is 0 Å². The smallest absolute Gasteiger partial charge is 0.0993 e. The van der Waals surface area contributed by atoms with Crippen LogP contribution in [-0.4, -0.2) is 18.9 Å². The summed E-state index contributed by atoms with van der Waals surface area (Å²) in [6, 6.07) is 0. The zero-order valence-electron chi connectivity index (χ0n) is 7.79. The molecular weight excluding hydrogens is 148 g/mol. The molecule has 1 aliphatic heterocycles. The largest absolute Gasteiger partial charge is 0.291 e. The monoisotopic (exact) mass is 166 g/mol. The van der Waals surface area contributed by atoms with E-state index in [1.807, 2.05) is 6.21 Å². The quantitative estimate of drug-likeness (QED) is 0.491. The van der Waals surface area contributed by atoms with Crippen molar-refractivity contribution in [1.82, 2.24) is 5.32 Å². The van der Waals surface area contributed by atoms with Crippen LogP contribution in [-0.2, 0) is 0 Å². The number of hydrogen-bond donors (Lipinski definition) is 1. The van der Waals surface area contributed by atoms with Gasteiger partial charge in [-0.3, -0.25) is 10.3 Å². The molecule has 1 N–H and O–H groups in total. The van der Waals surface area contributed by atoms with Crippen molar-refractivity contribution < 1.29 is 0 Å². The highest BCUT2D eigenvalue weighted by Crippen LogP contribution is 2.04. The van der Waals surface area contributed by atoms with Gasteiger partial charge < -0.3 is 0 Å². The van der Waals surface area contributed by atoms with Crippen molar-refractivity contribution in [2.75, 3.05) is 6.54 Å². The minimum Gasteiger partial charge on any atom is -0.291 e. The number of hydrogen-bond acceptors (Lipinski definition) is 2. The van der Waals surface area contributed by atoms with Crippen LogP contribution in [0.2, 0.25) is 0 Å². The van der Waals surface area contributed by atoms with Crippen LogP contribution in [0, 0.1) is 0 Å². The van der Waals surface area contributed by atoms with Gasteiger partial charge in [-0.25, -0.2) is 0 Å². The van der Waals surface area contributed by atoms with Crippen LogP contribution in [0.15, 0.2) is 17.1 Å². The molecular formula is C10H18N2. The van der Waals surface area contributed by atoms with Crippen molar-refractivity contribution in [3.8, 4) is 0 Å². The molecule has 12 heavy (non-hydrogen) atoms. The minimum atomic E-state index is 0.403. The van der Waals surface area contributed by atoms with E-state index in [4.69, 9.17) is 0 Å². The van der Waals surface area contributed by atoms with Crippen LogP contribution in [0.3, 0.4) is 0 Å². The lowest BCUT2D eigenvalue weighted by Crippen LogP contribution is -2.21. The molecule has 0 saturated heterocycles. The predicted octanol–water partition coefficient (Wildman–Crippen LogP) is 2.12. The average Bonchev–Trinajstić information content (AvgIpc) is 2.57. The number of aliphatic imine (C=N–C) groups is 1. The summed E-state index contributed by atoms with van der Waals surface area (Å²) in [5.74, 6) is 0. The zero-order chi connectivity index (χ0) is 8.65. The van der Waals surface area contributed by atoms with E-state index in [2.05, 4.69) is 29.4 Å². The third-order valence-corrected chi connectivity index (χ3v) is 1.98. The molecule has 0 bridgehead atoms. The fraction of sp³-hybridized carbons (Fsp3) is 0.700. The number of rotatable bonds is 5. The summed E-state index contributed by atoms with van der Waals surface area (Å²) >= 11 is 0. The second-order valence-corrected chi connectivity index (χ2v) is 3.07. The fourth-order valence-corrected chi connectivity index (χ4v) is 1.31. The molecule has 1 heterocycles. The molecule has 0 amide bonds. The number of nitrogens with one attached hydrogen (secondary N) is 1. The van der Waals surface area contributed by atoms with E-state index in [0.29, 0.717) is 6.17 Å². The van der Waals surface area contributed by atoms with Gasteiger partial charge in [-0.2, -0.15) is 0 Å². The van der Waals surface area contributed by atoms with Gasteiger partial charge in [-0.05, 0) is 25.7 Å². The molecule has 1 rings (SSSR count). The third kappa shape index (κ3) is 3.67. The van der Waals surface area contributed by atoms with Crippen LogP contribution in [0.1, 0.15) is 32.6 Å². The van der Waals surface area contributed by atoms with Crippen molar-refractivity contribution >= 4 is 6.21 Å². The first-order valence-electron chi connectivity index (χ1n) is 4.83. The first kappa shape index (κ1) is 9.46. The summed E-state index contributed by atoms with van der Waals surface area (Å²) in [5.41, 5.74) is 0. The standard InChI is InChI=1S/C10H18N2/c1-2-3-4-5-6-7-10-11-8-9-12-10/h3-4,8,10,12H,2,5-7,9H2,1H3/b4-3+. The molecule has 2 heteroatoms. The molecule has 2 nitrogen and oxygen atoms in total. The van der Waals surface area contributed by atoms with Crippen LogP contribution >= 0.6 is 0 Å². The fourth-order valence-electron chi connectivity index (χ4n) is 1.31. The van der Waals surface area contributed by atoms with E-state index in [1.54, 1.807) is 0 Å². The Hall–Kier alpha value is -0.630. The molecule has 0 fully saturated rings. The molecule has 1 atom stereocenters. The summed E-state index contributed by atoms with van der Waals surface area (Å²) in [6.07, 6.45) is 11.6. The van der Waals surface area contributed by atoms with Crippen LogP contribution in [0.5, 0.6) is 0 Å². The maximum absolute atomic E-state index is 4.29. The maximum atomic E-state index is 4.29. The van der Waals surface area contributed by atoms with Gasteiger partial charge in [0.1, 0.15) is 0 Å². The van der Waals surface area contributed by atoms with Crippen LogP contribution in [0.25, 0.3) is 0 Å². The molecule has 68 valence electrons. The molecule has 0 aromatic rings. The Balaban J connectivity index is 1.95. The van der Waals surface area contributed by atoms with Gasteiger partial charge in [0.2, 0.25) is 0 Å². The maximum Gasteiger partial charge on any atom is 0.0993 e. The van der Waals surface area contributed by atoms with Crippen LogP contribution in [0.4, 0.5) is 0 Å². The molecule has 1 aliphatic rings. The first-order chi connectivity index (χ1) is 5.93. The van der Waals surface area contributed by atoms with Crippen LogP contribution < -0.4 is 5.32 Å². The Labute approximate surface area is 74.8 Å². The molecule has 0 aliphatic carbocycles. The lowest BCUT2D eigenvalue weighted by molar-refractivity contribution is 0.539. The summed E-state index contributed by atoms with van der Waals surface area (Å²) < 4.78 is 0. The van der Waals surface area contributed by atoms with E-state index in [9.17, 15) is 0 Å². The van der Waals surface area contributed by atoms with E-state index >= 15 is 0 Å². The Kier molecular flexibility index (Phi) is 4.69. The predicted molar refractivity (Wildman–Crippen MR) is 53.6 cm³/mol. The molecule has 0 spiro atoms. The summed E-state index contributed by atoms with van der Waals surface area (Å²) in [7, 11) is 0. The number of allylic oxidation sites excluding steroid dienone is 2. The lowest BCUT2D eigenvalue weighted by Gasteiger charge is -2.05. The van der Waals surface area contributed by atoms with Gasteiger partial charge >= 0.3 is 0 Å². The van der Waals surface area contributed by atoms with Gasteiger partial charge in [-0.1, -0.05) is 19.1 Å². The van der Waals surface area contributed by atoms with Gasteiger partial charge in [0, 0.05) is 12.8 Å². The van der Waals surface area contributed by atoms with Crippen molar-refractivity contribution in [2.45, 2.75) is 38.8 Å². The van der Waals surface area contributed by atoms with Crippen molar-refractivity contribution in [3.63, 3.8) is 0 Å². The van der Waals surface area contributed by atoms with Gasteiger partial charge in [0.25, 0.3) is 0 Å². The molecule has 0 saturated carbocycles. The normalized spacial score (nSPS) is 22.6. The second kappa shape index (κ2) is 5.95. The highest BCUT2D eigenvalue weighted by molar-refractivity contribution is 5.61. The Morgan fingerprint density at radius 2 is 2.50 bits per heavy atom. The Morgan fingerprint density at radius 3 is 3.17 bits per heavy atom. The Morgan fingerprint density at radius 1 is 1.58 bits per heavy atom. The average molecular weight is 166 g/mol. The zero-order valence-corrected chi connectivity index (χ0v) is 7.79.